The Morgan fingerprint density at radius 1 is 1.39 bits per heavy atom. The number of hydrogen-bond donors (Lipinski definition) is 0. The second-order valence-corrected chi connectivity index (χ2v) is 6.45. The number of rotatable bonds is 1. The van der Waals surface area contributed by atoms with E-state index in [1.54, 1.807) is 6.07 Å². The second kappa shape index (κ2) is 4.82. The highest BCUT2D eigenvalue weighted by molar-refractivity contribution is 6.32. The molecule has 18 heavy (non-hydrogen) atoms. The third-order valence-corrected chi connectivity index (χ3v) is 4.17. The van der Waals surface area contributed by atoms with Crippen LogP contribution in [-0.4, -0.2) is 13.1 Å². The molecule has 1 aromatic carbocycles. The fourth-order valence-corrected chi connectivity index (χ4v) is 2.78. The van der Waals surface area contributed by atoms with Crippen LogP contribution in [0.2, 0.25) is 5.02 Å². The molecule has 0 radical (unpaired) electrons. The smallest absolute Gasteiger partial charge is 0.103 e. The fraction of sp³-hybridized carbons (Fsp3) is 0.533. The van der Waals surface area contributed by atoms with Crippen molar-refractivity contribution in [1.82, 2.24) is 0 Å². The first-order valence-corrected chi connectivity index (χ1v) is 6.75. The maximum Gasteiger partial charge on any atom is 0.103 e. The Hall–Kier alpha value is -1.20. The van der Waals surface area contributed by atoms with Crippen LogP contribution in [-0.2, 0) is 0 Å². The highest BCUT2D eigenvalue weighted by Crippen LogP contribution is 2.37. The summed E-state index contributed by atoms with van der Waals surface area (Å²) in [7, 11) is 0. The van der Waals surface area contributed by atoms with E-state index in [1.165, 1.54) is 6.42 Å². The Morgan fingerprint density at radius 3 is 2.67 bits per heavy atom. The zero-order chi connectivity index (χ0) is 13.3. The minimum absolute atomic E-state index is 0.320. The predicted octanol–water partition coefficient (Wildman–Crippen LogP) is 4.08. The van der Waals surface area contributed by atoms with Crippen LogP contribution in [0.1, 0.15) is 32.8 Å². The lowest BCUT2D eigenvalue weighted by Crippen LogP contribution is -2.26. The summed E-state index contributed by atoms with van der Waals surface area (Å²) in [4.78, 5) is 2.29. The Bertz CT molecular complexity index is 482. The van der Waals surface area contributed by atoms with E-state index in [-0.39, 0.29) is 0 Å². The summed E-state index contributed by atoms with van der Waals surface area (Å²) in [5.41, 5.74) is 1.91. The van der Waals surface area contributed by atoms with E-state index in [1.807, 2.05) is 12.1 Å². The zero-order valence-electron chi connectivity index (χ0n) is 11.2. The van der Waals surface area contributed by atoms with Crippen molar-refractivity contribution in [1.29, 1.82) is 5.26 Å². The highest BCUT2D eigenvalue weighted by atomic mass is 35.5. The van der Waals surface area contributed by atoms with Gasteiger partial charge in [0.15, 0.2) is 0 Å². The molecule has 2 rings (SSSR count). The van der Waals surface area contributed by atoms with Crippen LogP contribution in [0.5, 0.6) is 0 Å². The van der Waals surface area contributed by atoms with Gasteiger partial charge in [0, 0.05) is 13.1 Å². The van der Waals surface area contributed by atoms with Gasteiger partial charge in [0.1, 0.15) is 6.07 Å². The number of halogens is 1. The lowest BCUT2D eigenvalue weighted by molar-refractivity contribution is 0.263. The number of benzene rings is 1. The molecule has 0 aliphatic carbocycles. The number of nitrogens with zero attached hydrogens (tertiary/aromatic N) is 2. The summed E-state index contributed by atoms with van der Waals surface area (Å²) < 4.78 is 0. The molecule has 96 valence electrons. The fourth-order valence-electron chi connectivity index (χ4n) is 2.57. The summed E-state index contributed by atoms with van der Waals surface area (Å²) in [6.07, 6.45) is 1.18. The van der Waals surface area contributed by atoms with Crippen molar-refractivity contribution in [3.63, 3.8) is 0 Å². The SMILES string of the molecule is CC(C)(C)C1CCN(c2cccc(Cl)c2C#N)C1. The van der Waals surface area contributed by atoms with Gasteiger partial charge in [-0.3, -0.25) is 0 Å². The Morgan fingerprint density at radius 2 is 2.11 bits per heavy atom. The topological polar surface area (TPSA) is 27.0 Å². The first kappa shape index (κ1) is 13.2. The van der Waals surface area contributed by atoms with E-state index in [4.69, 9.17) is 11.6 Å². The van der Waals surface area contributed by atoms with Gasteiger partial charge in [-0.25, -0.2) is 0 Å². The van der Waals surface area contributed by atoms with E-state index < -0.39 is 0 Å². The number of anilines is 1. The summed E-state index contributed by atoms with van der Waals surface area (Å²) >= 11 is 6.09. The van der Waals surface area contributed by atoms with Crippen LogP contribution in [0, 0.1) is 22.7 Å². The van der Waals surface area contributed by atoms with Crippen molar-refractivity contribution in [3.05, 3.63) is 28.8 Å². The molecule has 1 heterocycles. The molecule has 0 saturated carbocycles. The third kappa shape index (κ3) is 2.47. The molecule has 1 unspecified atom stereocenters. The lowest BCUT2D eigenvalue weighted by Gasteiger charge is -2.27. The summed E-state index contributed by atoms with van der Waals surface area (Å²) in [5.74, 6) is 0.669. The van der Waals surface area contributed by atoms with Crippen molar-refractivity contribution >= 4 is 17.3 Å². The summed E-state index contributed by atoms with van der Waals surface area (Å²) in [6, 6.07) is 7.91. The van der Waals surface area contributed by atoms with Gasteiger partial charge in [-0.15, -0.1) is 0 Å². The zero-order valence-corrected chi connectivity index (χ0v) is 12.0. The van der Waals surface area contributed by atoms with Crippen LogP contribution in [0.15, 0.2) is 18.2 Å². The highest BCUT2D eigenvalue weighted by Gasteiger charge is 2.32. The van der Waals surface area contributed by atoms with Crippen molar-refractivity contribution < 1.29 is 0 Å². The van der Waals surface area contributed by atoms with Gasteiger partial charge in [-0.2, -0.15) is 5.26 Å². The monoisotopic (exact) mass is 262 g/mol. The van der Waals surface area contributed by atoms with Crippen LogP contribution in [0.25, 0.3) is 0 Å². The quantitative estimate of drug-likeness (QED) is 0.762. The van der Waals surface area contributed by atoms with Crippen LogP contribution in [0.4, 0.5) is 5.69 Å². The summed E-state index contributed by atoms with van der Waals surface area (Å²) in [5, 5.41) is 9.77. The first-order valence-electron chi connectivity index (χ1n) is 6.37. The lowest BCUT2D eigenvalue weighted by atomic mass is 9.80. The molecule has 0 aromatic heterocycles. The molecule has 3 heteroatoms. The largest absolute Gasteiger partial charge is 0.370 e. The molecule has 1 fully saturated rings. The number of nitriles is 1. The van der Waals surface area contributed by atoms with Crippen LogP contribution < -0.4 is 4.90 Å². The molecular formula is C15H19ClN2. The molecule has 0 spiro atoms. The molecule has 1 aliphatic heterocycles. The van der Waals surface area contributed by atoms with Gasteiger partial charge < -0.3 is 4.90 Å². The van der Waals surface area contributed by atoms with Crippen molar-refractivity contribution in [2.75, 3.05) is 18.0 Å². The van der Waals surface area contributed by atoms with Gasteiger partial charge in [0.2, 0.25) is 0 Å². The minimum atomic E-state index is 0.320. The normalized spacial score (nSPS) is 19.9. The second-order valence-electron chi connectivity index (χ2n) is 6.04. The standard InChI is InChI=1S/C15H19ClN2/c1-15(2,3)11-7-8-18(10-11)14-6-4-5-13(16)12(14)9-17/h4-6,11H,7-8,10H2,1-3H3. The van der Waals surface area contributed by atoms with E-state index in [0.29, 0.717) is 21.9 Å². The molecular weight excluding hydrogens is 244 g/mol. The Balaban J connectivity index is 2.26. The van der Waals surface area contributed by atoms with Crippen LogP contribution >= 0.6 is 11.6 Å². The van der Waals surface area contributed by atoms with Crippen molar-refractivity contribution in [2.45, 2.75) is 27.2 Å². The maximum atomic E-state index is 9.22. The van der Waals surface area contributed by atoms with Gasteiger partial charge in [-0.05, 0) is 29.9 Å². The molecule has 1 saturated heterocycles. The van der Waals surface area contributed by atoms with Gasteiger partial charge in [0.05, 0.1) is 16.3 Å². The minimum Gasteiger partial charge on any atom is -0.370 e. The summed E-state index contributed by atoms with van der Waals surface area (Å²) in [6.45, 7) is 8.87. The number of hydrogen-bond acceptors (Lipinski definition) is 2. The molecule has 0 N–H and O–H groups in total. The molecule has 0 bridgehead atoms. The molecule has 1 atom stereocenters. The average molecular weight is 263 g/mol. The van der Waals surface area contributed by atoms with Gasteiger partial charge >= 0.3 is 0 Å². The van der Waals surface area contributed by atoms with E-state index in [0.717, 1.165) is 18.8 Å². The van der Waals surface area contributed by atoms with Crippen LogP contribution in [0.3, 0.4) is 0 Å². The van der Waals surface area contributed by atoms with Gasteiger partial charge in [0.25, 0.3) is 0 Å². The van der Waals surface area contributed by atoms with Crippen molar-refractivity contribution in [2.24, 2.45) is 11.3 Å². The van der Waals surface area contributed by atoms with Gasteiger partial charge in [-0.1, -0.05) is 38.4 Å². The average Bonchev–Trinajstić information content (AvgIpc) is 2.77. The predicted molar refractivity (Wildman–Crippen MR) is 75.9 cm³/mol. The molecule has 0 amide bonds. The van der Waals surface area contributed by atoms with Crippen molar-refractivity contribution in [3.8, 4) is 6.07 Å². The first-order chi connectivity index (χ1) is 8.43. The molecule has 2 nitrogen and oxygen atoms in total. The Labute approximate surface area is 114 Å². The Kier molecular flexibility index (Phi) is 3.54. The molecule has 1 aromatic rings. The van der Waals surface area contributed by atoms with E-state index >= 15 is 0 Å². The van der Waals surface area contributed by atoms with E-state index in [9.17, 15) is 5.26 Å². The van der Waals surface area contributed by atoms with E-state index in [2.05, 4.69) is 31.7 Å². The molecule has 1 aliphatic rings. The maximum absolute atomic E-state index is 9.22. The third-order valence-electron chi connectivity index (χ3n) is 3.86.